The van der Waals surface area contributed by atoms with Crippen LogP contribution in [0.15, 0.2) is 30.8 Å². The topological polar surface area (TPSA) is 37.3 Å². The van der Waals surface area contributed by atoms with E-state index in [4.69, 9.17) is 5.11 Å². The molecule has 0 heterocycles. The molecule has 0 unspecified atom stereocenters. The van der Waals surface area contributed by atoms with Crippen molar-refractivity contribution in [2.45, 2.75) is 52.4 Å². The number of carboxylic acid groups (broad SMARTS) is 1. The average Bonchev–Trinajstić information content (AvgIpc) is 2.46. The van der Waals surface area contributed by atoms with Crippen molar-refractivity contribution in [1.29, 1.82) is 0 Å². The van der Waals surface area contributed by atoms with Gasteiger partial charge in [0.05, 0.1) is 5.57 Å². The van der Waals surface area contributed by atoms with Crippen LogP contribution in [0.1, 0.15) is 63.5 Å². The van der Waals surface area contributed by atoms with Gasteiger partial charge < -0.3 is 5.11 Å². The first-order valence-corrected chi connectivity index (χ1v) is 7.81. The minimum absolute atomic E-state index is 0.165. The van der Waals surface area contributed by atoms with Gasteiger partial charge in [-0.1, -0.05) is 51.6 Å². The molecule has 2 nitrogen and oxygen atoms in total. The van der Waals surface area contributed by atoms with Gasteiger partial charge in [0.2, 0.25) is 0 Å². The highest BCUT2D eigenvalue weighted by Gasteiger charge is 2.30. The van der Waals surface area contributed by atoms with Crippen LogP contribution in [0.4, 0.5) is 0 Å². The Balaban J connectivity index is 2.01. The van der Waals surface area contributed by atoms with E-state index >= 15 is 0 Å². The van der Waals surface area contributed by atoms with E-state index in [0.29, 0.717) is 16.9 Å². The molecular formula is C19H26O2. The van der Waals surface area contributed by atoms with Gasteiger partial charge in [0.15, 0.2) is 0 Å². The fourth-order valence-electron chi connectivity index (χ4n) is 3.37. The summed E-state index contributed by atoms with van der Waals surface area (Å²) in [4.78, 5) is 10.9. The summed E-state index contributed by atoms with van der Waals surface area (Å²) < 4.78 is 0. The number of aliphatic carboxylic acids is 1. The SMILES string of the molecule is C=C(C(=O)O)c1ccc(C2CCC(C(C)(C)C)CC2)cc1. The molecule has 1 aromatic rings. The first-order valence-electron chi connectivity index (χ1n) is 7.81. The summed E-state index contributed by atoms with van der Waals surface area (Å²) in [6, 6.07) is 7.93. The Labute approximate surface area is 127 Å². The molecule has 0 atom stereocenters. The molecule has 1 aliphatic carbocycles. The second kappa shape index (κ2) is 6.05. The van der Waals surface area contributed by atoms with Gasteiger partial charge in [-0.05, 0) is 54.1 Å². The molecule has 1 fully saturated rings. The molecule has 0 bridgehead atoms. The van der Waals surface area contributed by atoms with E-state index in [2.05, 4.69) is 39.5 Å². The Kier molecular flexibility index (Phi) is 4.55. The molecule has 0 radical (unpaired) electrons. The third-order valence-corrected chi connectivity index (χ3v) is 4.94. The molecule has 2 rings (SSSR count). The maximum absolute atomic E-state index is 10.9. The lowest BCUT2D eigenvalue weighted by Crippen LogP contribution is -2.25. The van der Waals surface area contributed by atoms with E-state index in [1.165, 1.54) is 31.2 Å². The summed E-state index contributed by atoms with van der Waals surface area (Å²) in [7, 11) is 0. The highest BCUT2D eigenvalue weighted by Crippen LogP contribution is 2.43. The van der Waals surface area contributed by atoms with E-state index in [-0.39, 0.29) is 5.57 Å². The molecule has 0 aliphatic heterocycles. The second-order valence-electron chi connectivity index (χ2n) is 7.32. The zero-order valence-electron chi connectivity index (χ0n) is 13.4. The van der Waals surface area contributed by atoms with Crippen LogP contribution in [0.2, 0.25) is 0 Å². The molecule has 1 saturated carbocycles. The molecule has 21 heavy (non-hydrogen) atoms. The standard InChI is InChI=1S/C19H26O2/c1-13(18(20)21)14-5-7-15(8-6-14)16-9-11-17(12-10-16)19(2,3)4/h5-8,16-17H,1,9-12H2,2-4H3,(H,20,21). The van der Waals surface area contributed by atoms with Crippen LogP contribution in [0, 0.1) is 11.3 Å². The molecule has 0 aromatic heterocycles. The first kappa shape index (κ1) is 15.8. The van der Waals surface area contributed by atoms with Gasteiger partial charge in [-0.15, -0.1) is 0 Å². The Bertz CT molecular complexity index is 511. The van der Waals surface area contributed by atoms with Crippen molar-refractivity contribution in [3.63, 3.8) is 0 Å². The maximum atomic E-state index is 10.9. The van der Waals surface area contributed by atoms with Crippen molar-refractivity contribution in [3.05, 3.63) is 42.0 Å². The van der Waals surface area contributed by atoms with E-state index in [0.717, 1.165) is 5.92 Å². The molecule has 0 saturated heterocycles. The molecule has 1 N–H and O–H groups in total. The van der Waals surface area contributed by atoms with Crippen molar-refractivity contribution >= 4 is 11.5 Å². The zero-order chi connectivity index (χ0) is 15.6. The molecular weight excluding hydrogens is 260 g/mol. The van der Waals surface area contributed by atoms with Gasteiger partial charge in [0.1, 0.15) is 0 Å². The van der Waals surface area contributed by atoms with E-state index in [1.807, 2.05) is 12.1 Å². The molecule has 0 amide bonds. The molecule has 2 heteroatoms. The number of carbonyl (C=O) groups is 1. The number of carboxylic acids is 1. The van der Waals surface area contributed by atoms with Gasteiger partial charge in [0, 0.05) is 0 Å². The molecule has 1 aromatic carbocycles. The van der Waals surface area contributed by atoms with Crippen molar-refractivity contribution in [1.82, 2.24) is 0 Å². The van der Waals surface area contributed by atoms with Crippen molar-refractivity contribution in [3.8, 4) is 0 Å². The Hall–Kier alpha value is -1.57. The first-order chi connectivity index (χ1) is 9.79. The van der Waals surface area contributed by atoms with Crippen molar-refractivity contribution in [2.24, 2.45) is 11.3 Å². The predicted molar refractivity (Wildman–Crippen MR) is 87.3 cm³/mol. The number of hydrogen-bond donors (Lipinski definition) is 1. The van der Waals surface area contributed by atoms with E-state index in [9.17, 15) is 4.79 Å². The number of rotatable bonds is 3. The highest BCUT2D eigenvalue weighted by molar-refractivity contribution is 6.14. The summed E-state index contributed by atoms with van der Waals surface area (Å²) >= 11 is 0. The van der Waals surface area contributed by atoms with Crippen molar-refractivity contribution in [2.75, 3.05) is 0 Å². The van der Waals surface area contributed by atoms with E-state index in [1.54, 1.807) is 0 Å². The van der Waals surface area contributed by atoms with Crippen LogP contribution >= 0.6 is 0 Å². The maximum Gasteiger partial charge on any atom is 0.335 e. The quantitative estimate of drug-likeness (QED) is 0.784. The number of hydrogen-bond acceptors (Lipinski definition) is 1. The van der Waals surface area contributed by atoms with Gasteiger partial charge in [0.25, 0.3) is 0 Å². The van der Waals surface area contributed by atoms with Crippen LogP contribution in [-0.2, 0) is 4.79 Å². The number of benzene rings is 1. The summed E-state index contributed by atoms with van der Waals surface area (Å²) in [6.45, 7) is 10.6. The summed E-state index contributed by atoms with van der Waals surface area (Å²) in [6.07, 6.45) is 5.05. The predicted octanol–water partition coefficient (Wildman–Crippen LogP) is 5.10. The van der Waals surface area contributed by atoms with Crippen LogP contribution in [0.25, 0.3) is 5.57 Å². The molecule has 0 spiro atoms. The minimum atomic E-state index is -0.951. The zero-order valence-corrected chi connectivity index (χ0v) is 13.4. The molecule has 1 aliphatic rings. The Morgan fingerprint density at radius 2 is 1.62 bits per heavy atom. The van der Waals surface area contributed by atoms with Gasteiger partial charge in [-0.25, -0.2) is 4.79 Å². The summed E-state index contributed by atoms with van der Waals surface area (Å²) in [5, 5.41) is 8.96. The third-order valence-electron chi connectivity index (χ3n) is 4.94. The summed E-state index contributed by atoms with van der Waals surface area (Å²) in [5.74, 6) is 0.490. The van der Waals surface area contributed by atoms with Crippen LogP contribution in [0.5, 0.6) is 0 Å². The Morgan fingerprint density at radius 3 is 2.05 bits per heavy atom. The van der Waals surface area contributed by atoms with E-state index < -0.39 is 5.97 Å². The minimum Gasteiger partial charge on any atom is -0.478 e. The van der Waals surface area contributed by atoms with Gasteiger partial charge in [-0.3, -0.25) is 0 Å². The summed E-state index contributed by atoms with van der Waals surface area (Å²) in [5.41, 5.74) is 2.62. The highest BCUT2D eigenvalue weighted by atomic mass is 16.4. The smallest absolute Gasteiger partial charge is 0.335 e. The molecule has 114 valence electrons. The van der Waals surface area contributed by atoms with Crippen LogP contribution < -0.4 is 0 Å². The fraction of sp³-hybridized carbons (Fsp3) is 0.526. The van der Waals surface area contributed by atoms with Gasteiger partial charge >= 0.3 is 5.97 Å². The second-order valence-corrected chi connectivity index (χ2v) is 7.32. The Morgan fingerprint density at radius 1 is 1.10 bits per heavy atom. The lowest BCUT2D eigenvalue weighted by Gasteiger charge is -2.37. The van der Waals surface area contributed by atoms with Crippen molar-refractivity contribution < 1.29 is 9.90 Å². The largest absolute Gasteiger partial charge is 0.478 e. The third kappa shape index (κ3) is 3.75. The monoisotopic (exact) mass is 286 g/mol. The fourth-order valence-corrected chi connectivity index (χ4v) is 3.37. The average molecular weight is 286 g/mol. The van der Waals surface area contributed by atoms with Crippen LogP contribution in [-0.4, -0.2) is 11.1 Å². The lowest BCUT2D eigenvalue weighted by molar-refractivity contribution is -0.130. The normalized spacial score (nSPS) is 22.8. The van der Waals surface area contributed by atoms with Gasteiger partial charge in [-0.2, -0.15) is 0 Å². The lowest BCUT2D eigenvalue weighted by atomic mass is 9.68. The van der Waals surface area contributed by atoms with Crippen LogP contribution in [0.3, 0.4) is 0 Å².